The Balaban J connectivity index is 0.00000364. The van der Waals surface area contributed by atoms with Crippen molar-refractivity contribution in [3.63, 3.8) is 0 Å². The molecule has 1 aromatic carbocycles. The number of rotatable bonds is 9. The first-order valence-corrected chi connectivity index (χ1v) is 9.49. The van der Waals surface area contributed by atoms with E-state index in [0.717, 1.165) is 57.3 Å². The van der Waals surface area contributed by atoms with Gasteiger partial charge in [0, 0.05) is 31.7 Å². The van der Waals surface area contributed by atoms with Crippen molar-refractivity contribution in [2.45, 2.75) is 45.1 Å². The minimum atomic E-state index is -0.213. The number of hydrogen-bond donors (Lipinski definition) is 2. The summed E-state index contributed by atoms with van der Waals surface area (Å²) in [6.45, 7) is 10.8. The maximum Gasteiger partial charge on any atom is 0.191 e. The molecule has 0 amide bonds. The fourth-order valence-electron chi connectivity index (χ4n) is 2.78. The summed E-state index contributed by atoms with van der Waals surface area (Å²) in [4.78, 5) is 4.70. The van der Waals surface area contributed by atoms with Gasteiger partial charge >= 0.3 is 0 Å². The molecule has 0 aliphatic carbocycles. The molecule has 0 spiro atoms. The second-order valence-electron chi connectivity index (χ2n) is 7.22. The van der Waals surface area contributed by atoms with Gasteiger partial charge in [-0.3, -0.25) is 4.99 Å². The van der Waals surface area contributed by atoms with Gasteiger partial charge in [0.25, 0.3) is 0 Å². The molecule has 2 N–H and O–H groups in total. The molecule has 0 saturated carbocycles. The van der Waals surface area contributed by atoms with Gasteiger partial charge in [-0.05, 0) is 37.5 Å². The second kappa shape index (κ2) is 12.5. The third-order valence-electron chi connectivity index (χ3n) is 4.46. The molecule has 0 bridgehead atoms. The van der Waals surface area contributed by atoms with Crippen LogP contribution in [0.3, 0.4) is 0 Å². The highest BCUT2D eigenvalue weighted by molar-refractivity contribution is 14.0. The number of halogens is 2. The van der Waals surface area contributed by atoms with Gasteiger partial charge in [-0.15, -0.1) is 24.0 Å². The normalized spacial score (nSPS) is 17.5. The number of ether oxygens (including phenoxy) is 2. The van der Waals surface area contributed by atoms with Crippen molar-refractivity contribution >= 4 is 29.9 Å². The van der Waals surface area contributed by atoms with Gasteiger partial charge in [0.2, 0.25) is 0 Å². The lowest BCUT2D eigenvalue weighted by Gasteiger charge is -2.24. The number of guanidine groups is 1. The summed E-state index contributed by atoms with van der Waals surface area (Å²) in [7, 11) is 0. The SMILES string of the molecule is CCNC(=NCC(C)(C)c1ccc(F)cc1)NCCCOC1CCOC1.I. The van der Waals surface area contributed by atoms with E-state index in [-0.39, 0.29) is 41.3 Å². The first-order chi connectivity index (χ1) is 12.5. The number of nitrogens with one attached hydrogen (secondary N) is 2. The molecular formula is C20H33FIN3O2. The fourth-order valence-corrected chi connectivity index (χ4v) is 2.78. The highest BCUT2D eigenvalue weighted by Crippen LogP contribution is 2.23. The Morgan fingerprint density at radius 2 is 2.04 bits per heavy atom. The smallest absolute Gasteiger partial charge is 0.191 e. The molecule has 0 radical (unpaired) electrons. The Hall–Kier alpha value is -0.930. The van der Waals surface area contributed by atoms with E-state index < -0.39 is 0 Å². The van der Waals surface area contributed by atoms with Crippen LogP contribution in [0.25, 0.3) is 0 Å². The summed E-state index contributed by atoms with van der Waals surface area (Å²) in [6, 6.07) is 6.66. The molecule has 1 aliphatic heterocycles. The summed E-state index contributed by atoms with van der Waals surface area (Å²) < 4.78 is 24.2. The van der Waals surface area contributed by atoms with Crippen LogP contribution in [0.5, 0.6) is 0 Å². The molecule has 27 heavy (non-hydrogen) atoms. The zero-order chi connectivity index (χ0) is 18.8. The van der Waals surface area contributed by atoms with Crippen molar-refractivity contribution in [2.24, 2.45) is 4.99 Å². The lowest BCUT2D eigenvalue weighted by molar-refractivity contribution is 0.0420. The van der Waals surface area contributed by atoms with Crippen molar-refractivity contribution in [2.75, 3.05) is 39.5 Å². The number of aliphatic imine (C=N–C) groups is 1. The highest BCUT2D eigenvalue weighted by Gasteiger charge is 2.20. The van der Waals surface area contributed by atoms with E-state index in [1.807, 2.05) is 19.1 Å². The fraction of sp³-hybridized carbons (Fsp3) is 0.650. The lowest BCUT2D eigenvalue weighted by atomic mass is 9.85. The summed E-state index contributed by atoms with van der Waals surface area (Å²) in [5, 5.41) is 6.61. The van der Waals surface area contributed by atoms with E-state index >= 15 is 0 Å². The molecule has 0 aromatic heterocycles. The van der Waals surface area contributed by atoms with E-state index in [9.17, 15) is 4.39 Å². The maximum absolute atomic E-state index is 13.1. The van der Waals surface area contributed by atoms with Gasteiger partial charge < -0.3 is 20.1 Å². The molecule has 2 rings (SSSR count). The maximum atomic E-state index is 13.1. The van der Waals surface area contributed by atoms with Crippen molar-refractivity contribution in [3.05, 3.63) is 35.6 Å². The molecule has 1 atom stereocenters. The van der Waals surface area contributed by atoms with Crippen molar-refractivity contribution in [1.82, 2.24) is 10.6 Å². The van der Waals surface area contributed by atoms with Crippen molar-refractivity contribution in [3.8, 4) is 0 Å². The summed E-state index contributed by atoms with van der Waals surface area (Å²) in [5.41, 5.74) is 0.910. The van der Waals surface area contributed by atoms with Crippen LogP contribution in [0.15, 0.2) is 29.3 Å². The van der Waals surface area contributed by atoms with Gasteiger partial charge in [-0.1, -0.05) is 26.0 Å². The summed E-state index contributed by atoms with van der Waals surface area (Å²) >= 11 is 0. The molecule has 1 aromatic rings. The standard InChI is InChI=1S/C20H32FN3O2.HI/c1-4-22-19(23-11-5-12-26-18-10-13-25-14-18)24-15-20(2,3)16-6-8-17(21)9-7-16;/h6-9,18H,4-5,10-15H2,1-3H3,(H2,22,23,24);1H. The van der Waals surface area contributed by atoms with Crippen molar-refractivity contribution < 1.29 is 13.9 Å². The summed E-state index contributed by atoms with van der Waals surface area (Å²) in [6.07, 6.45) is 2.17. The average Bonchev–Trinajstić information content (AvgIpc) is 3.13. The quantitative estimate of drug-likeness (QED) is 0.240. The number of nitrogens with zero attached hydrogens (tertiary/aromatic N) is 1. The largest absolute Gasteiger partial charge is 0.379 e. The van der Waals surface area contributed by atoms with Crippen LogP contribution in [0, 0.1) is 5.82 Å². The minimum absolute atomic E-state index is 0. The zero-order valence-electron chi connectivity index (χ0n) is 16.6. The monoisotopic (exact) mass is 493 g/mol. The number of hydrogen-bond acceptors (Lipinski definition) is 3. The van der Waals surface area contributed by atoms with Crippen LogP contribution in [0.4, 0.5) is 4.39 Å². The van der Waals surface area contributed by atoms with Crippen LogP contribution < -0.4 is 10.6 Å². The Labute approximate surface area is 179 Å². The van der Waals surface area contributed by atoms with Crippen molar-refractivity contribution in [1.29, 1.82) is 0 Å². The molecule has 1 fully saturated rings. The Morgan fingerprint density at radius 1 is 1.30 bits per heavy atom. The Bertz CT molecular complexity index is 561. The molecule has 1 heterocycles. The Morgan fingerprint density at radius 3 is 2.67 bits per heavy atom. The zero-order valence-corrected chi connectivity index (χ0v) is 18.9. The molecule has 1 aliphatic rings. The lowest BCUT2D eigenvalue weighted by Crippen LogP contribution is -2.39. The van der Waals surface area contributed by atoms with Crippen LogP contribution in [-0.4, -0.2) is 51.5 Å². The van der Waals surface area contributed by atoms with Gasteiger partial charge in [-0.25, -0.2) is 4.39 Å². The Kier molecular flexibility index (Phi) is 11.2. The average molecular weight is 493 g/mol. The summed E-state index contributed by atoms with van der Waals surface area (Å²) in [5.74, 6) is 0.585. The first-order valence-electron chi connectivity index (χ1n) is 9.49. The van der Waals surface area contributed by atoms with E-state index in [1.54, 1.807) is 0 Å². The molecule has 1 unspecified atom stereocenters. The molecule has 5 nitrogen and oxygen atoms in total. The van der Waals surface area contributed by atoms with E-state index in [1.165, 1.54) is 12.1 Å². The van der Waals surface area contributed by atoms with Crippen LogP contribution in [0.1, 0.15) is 39.2 Å². The highest BCUT2D eigenvalue weighted by atomic mass is 127. The van der Waals surface area contributed by atoms with Gasteiger partial charge in [0.15, 0.2) is 5.96 Å². The van der Waals surface area contributed by atoms with Gasteiger partial charge in [0.1, 0.15) is 5.82 Å². The van der Waals surface area contributed by atoms with Gasteiger partial charge in [0.05, 0.1) is 19.3 Å². The van der Waals surface area contributed by atoms with Crippen LogP contribution in [-0.2, 0) is 14.9 Å². The third kappa shape index (κ3) is 8.74. The minimum Gasteiger partial charge on any atom is -0.379 e. The predicted octanol–water partition coefficient (Wildman–Crippen LogP) is 3.47. The molecule has 1 saturated heterocycles. The molecule has 154 valence electrons. The van der Waals surface area contributed by atoms with Crippen LogP contribution >= 0.6 is 24.0 Å². The van der Waals surface area contributed by atoms with E-state index in [0.29, 0.717) is 6.54 Å². The second-order valence-corrected chi connectivity index (χ2v) is 7.22. The van der Waals surface area contributed by atoms with Gasteiger partial charge in [-0.2, -0.15) is 0 Å². The molecular weight excluding hydrogens is 460 g/mol. The van der Waals surface area contributed by atoms with E-state index in [2.05, 4.69) is 24.5 Å². The predicted molar refractivity (Wildman–Crippen MR) is 119 cm³/mol. The first kappa shape index (κ1) is 24.1. The van der Waals surface area contributed by atoms with E-state index in [4.69, 9.17) is 14.5 Å². The topological polar surface area (TPSA) is 54.9 Å². The van der Waals surface area contributed by atoms with Crippen LogP contribution in [0.2, 0.25) is 0 Å². The third-order valence-corrected chi connectivity index (χ3v) is 4.46. The number of benzene rings is 1. The molecule has 7 heteroatoms.